The van der Waals surface area contributed by atoms with Crippen molar-refractivity contribution in [3.8, 4) is 0 Å². The summed E-state index contributed by atoms with van der Waals surface area (Å²) in [6.07, 6.45) is 5.40. The van der Waals surface area contributed by atoms with Gasteiger partial charge in [0.05, 0.1) is 11.4 Å². The van der Waals surface area contributed by atoms with Gasteiger partial charge in [-0.1, -0.05) is 21.6 Å². The van der Waals surface area contributed by atoms with Gasteiger partial charge in [-0.3, -0.25) is 9.59 Å². The zero-order chi connectivity index (χ0) is 19.5. The molecule has 0 atom stereocenters. The van der Waals surface area contributed by atoms with Crippen LogP contribution in [0.5, 0.6) is 0 Å². The van der Waals surface area contributed by atoms with Gasteiger partial charge in [-0.2, -0.15) is 0 Å². The minimum atomic E-state index is -0.278. The summed E-state index contributed by atoms with van der Waals surface area (Å²) in [4.78, 5) is 24.8. The molecule has 0 aromatic carbocycles. The van der Waals surface area contributed by atoms with Crippen LogP contribution in [0.1, 0.15) is 34.8 Å². The Balaban J connectivity index is 2.05. The standard InChI is InChI=1S/C17H25N5O2S2/c1-17(2,26-25-5)10-19-15(23)14-7-12(9-22(14)4)20-16(24)13-6-11(18)8-21(13)3/h6-9H,10,18H2,1-5H3,(H,19,23)(H,20,24). The van der Waals surface area contributed by atoms with Crippen molar-refractivity contribution in [2.24, 2.45) is 14.1 Å². The fraction of sp³-hybridized carbons (Fsp3) is 0.412. The lowest BCUT2D eigenvalue weighted by Crippen LogP contribution is -2.36. The topological polar surface area (TPSA) is 94.1 Å². The second-order valence-electron chi connectivity index (χ2n) is 6.64. The normalized spacial score (nSPS) is 11.4. The number of amides is 2. The lowest BCUT2D eigenvalue weighted by atomic mass is 10.2. The minimum absolute atomic E-state index is 0.0657. The third-order valence-electron chi connectivity index (χ3n) is 3.74. The van der Waals surface area contributed by atoms with Gasteiger partial charge in [-0.05, 0) is 32.2 Å². The van der Waals surface area contributed by atoms with E-state index in [-0.39, 0.29) is 16.6 Å². The van der Waals surface area contributed by atoms with E-state index in [1.165, 1.54) is 0 Å². The van der Waals surface area contributed by atoms with Crippen LogP contribution in [0.15, 0.2) is 24.5 Å². The summed E-state index contributed by atoms with van der Waals surface area (Å²) >= 11 is 0. The van der Waals surface area contributed by atoms with Gasteiger partial charge in [0, 0.05) is 37.8 Å². The summed E-state index contributed by atoms with van der Waals surface area (Å²) in [5, 5.41) is 5.75. The van der Waals surface area contributed by atoms with Crippen molar-refractivity contribution in [2.75, 3.05) is 23.9 Å². The molecule has 2 rings (SSSR count). The first-order valence-electron chi connectivity index (χ1n) is 8.02. The van der Waals surface area contributed by atoms with Crippen molar-refractivity contribution in [2.45, 2.75) is 18.6 Å². The van der Waals surface area contributed by atoms with E-state index in [0.717, 1.165) is 0 Å². The number of nitrogens with one attached hydrogen (secondary N) is 2. The van der Waals surface area contributed by atoms with Crippen molar-refractivity contribution in [1.82, 2.24) is 14.5 Å². The van der Waals surface area contributed by atoms with Crippen LogP contribution in [0.2, 0.25) is 0 Å². The monoisotopic (exact) mass is 395 g/mol. The van der Waals surface area contributed by atoms with E-state index in [0.29, 0.717) is 29.3 Å². The first kappa shape index (κ1) is 20.3. The molecule has 0 bridgehead atoms. The number of hydrogen-bond acceptors (Lipinski definition) is 5. The van der Waals surface area contributed by atoms with Crippen molar-refractivity contribution >= 4 is 44.8 Å². The van der Waals surface area contributed by atoms with Crippen LogP contribution in [0.3, 0.4) is 0 Å². The van der Waals surface area contributed by atoms with Crippen LogP contribution >= 0.6 is 21.6 Å². The maximum atomic E-state index is 12.5. The van der Waals surface area contributed by atoms with Gasteiger partial charge < -0.3 is 25.5 Å². The summed E-state index contributed by atoms with van der Waals surface area (Å²) in [5.74, 6) is -0.454. The van der Waals surface area contributed by atoms with E-state index in [9.17, 15) is 9.59 Å². The first-order valence-corrected chi connectivity index (χ1v) is 10.6. The highest BCUT2D eigenvalue weighted by molar-refractivity contribution is 8.76. The average Bonchev–Trinajstić information content (AvgIpc) is 3.06. The first-order chi connectivity index (χ1) is 12.1. The molecule has 2 heterocycles. The number of nitrogens with zero attached hydrogens (tertiary/aromatic N) is 2. The molecule has 2 aromatic rings. The lowest BCUT2D eigenvalue weighted by Gasteiger charge is -2.22. The van der Waals surface area contributed by atoms with Crippen LogP contribution in [0, 0.1) is 0 Å². The Bertz CT molecular complexity index is 810. The maximum absolute atomic E-state index is 12.5. The summed E-state index contributed by atoms with van der Waals surface area (Å²) in [7, 11) is 6.91. The highest BCUT2D eigenvalue weighted by atomic mass is 33.1. The Morgan fingerprint density at radius 1 is 1.12 bits per heavy atom. The Hall–Kier alpha value is -2.00. The van der Waals surface area contributed by atoms with Crippen molar-refractivity contribution < 1.29 is 9.59 Å². The van der Waals surface area contributed by atoms with Crippen LogP contribution in [0.4, 0.5) is 11.4 Å². The molecule has 0 unspecified atom stereocenters. The zero-order valence-corrected chi connectivity index (χ0v) is 17.3. The second-order valence-corrected chi connectivity index (χ2v) is 9.75. The van der Waals surface area contributed by atoms with Gasteiger partial charge in [-0.15, -0.1) is 0 Å². The van der Waals surface area contributed by atoms with Gasteiger partial charge >= 0.3 is 0 Å². The molecule has 0 aliphatic carbocycles. The number of carbonyl (C=O) groups excluding carboxylic acids is 2. The van der Waals surface area contributed by atoms with E-state index < -0.39 is 0 Å². The number of aromatic nitrogens is 2. The molecule has 0 radical (unpaired) electrons. The Kier molecular flexibility index (Phi) is 6.35. The molecule has 0 fully saturated rings. The summed E-state index contributed by atoms with van der Waals surface area (Å²) in [6.45, 7) is 4.71. The summed E-state index contributed by atoms with van der Waals surface area (Å²) in [5.41, 5.74) is 7.72. The molecular formula is C17H25N5O2S2. The van der Waals surface area contributed by atoms with Crippen molar-refractivity contribution in [3.63, 3.8) is 0 Å². The van der Waals surface area contributed by atoms with E-state index >= 15 is 0 Å². The third kappa shape index (κ3) is 5.01. The predicted molar refractivity (Wildman–Crippen MR) is 111 cm³/mol. The zero-order valence-electron chi connectivity index (χ0n) is 15.6. The fourth-order valence-electron chi connectivity index (χ4n) is 2.51. The molecule has 0 aliphatic rings. The summed E-state index contributed by atoms with van der Waals surface area (Å²) < 4.78 is 3.29. The molecule has 142 valence electrons. The molecule has 7 nitrogen and oxygen atoms in total. The van der Waals surface area contributed by atoms with Crippen LogP contribution in [-0.2, 0) is 14.1 Å². The molecule has 0 saturated heterocycles. The maximum Gasteiger partial charge on any atom is 0.272 e. The predicted octanol–water partition coefficient (Wildman–Crippen LogP) is 2.72. The van der Waals surface area contributed by atoms with Gasteiger partial charge in [0.1, 0.15) is 11.4 Å². The van der Waals surface area contributed by atoms with E-state index in [1.807, 2.05) is 6.26 Å². The van der Waals surface area contributed by atoms with Crippen molar-refractivity contribution in [1.29, 1.82) is 0 Å². The highest BCUT2D eigenvalue weighted by Gasteiger charge is 2.21. The van der Waals surface area contributed by atoms with Gasteiger partial charge in [0.25, 0.3) is 11.8 Å². The quantitative estimate of drug-likeness (QED) is 0.627. The largest absolute Gasteiger partial charge is 0.397 e. The van der Waals surface area contributed by atoms with E-state index in [2.05, 4.69) is 24.5 Å². The molecule has 4 N–H and O–H groups in total. The number of hydrogen-bond donors (Lipinski definition) is 3. The SMILES string of the molecule is CSSC(C)(C)CNC(=O)c1cc(NC(=O)c2cc(N)cn2C)cn1C. The van der Waals surface area contributed by atoms with E-state index in [4.69, 9.17) is 5.73 Å². The van der Waals surface area contributed by atoms with Gasteiger partial charge in [0.15, 0.2) is 0 Å². The minimum Gasteiger partial charge on any atom is -0.397 e. The molecule has 9 heteroatoms. The Morgan fingerprint density at radius 2 is 1.73 bits per heavy atom. The van der Waals surface area contributed by atoms with E-state index in [1.54, 1.807) is 69.3 Å². The number of nitrogen functional groups attached to an aromatic ring is 1. The Labute approximate surface area is 161 Å². The molecular weight excluding hydrogens is 370 g/mol. The molecule has 26 heavy (non-hydrogen) atoms. The van der Waals surface area contributed by atoms with Gasteiger partial charge in [0.2, 0.25) is 0 Å². The molecule has 2 amide bonds. The number of aryl methyl sites for hydroxylation is 2. The fourth-order valence-corrected chi connectivity index (χ4v) is 4.62. The second kappa shape index (κ2) is 8.13. The van der Waals surface area contributed by atoms with Crippen LogP contribution in [-0.4, -0.2) is 38.5 Å². The number of anilines is 2. The molecule has 2 aromatic heterocycles. The molecule has 0 aliphatic heterocycles. The van der Waals surface area contributed by atoms with Gasteiger partial charge in [-0.25, -0.2) is 0 Å². The Morgan fingerprint density at radius 3 is 2.31 bits per heavy atom. The summed E-state index contributed by atoms with van der Waals surface area (Å²) in [6, 6.07) is 3.27. The smallest absolute Gasteiger partial charge is 0.272 e. The van der Waals surface area contributed by atoms with Crippen LogP contribution in [0.25, 0.3) is 0 Å². The van der Waals surface area contributed by atoms with Crippen molar-refractivity contribution in [3.05, 3.63) is 35.9 Å². The lowest BCUT2D eigenvalue weighted by molar-refractivity contribution is 0.0941. The number of rotatable bonds is 7. The molecule has 0 saturated carbocycles. The number of nitrogens with two attached hydrogens (primary N) is 1. The van der Waals surface area contributed by atoms with Crippen LogP contribution < -0.4 is 16.4 Å². The molecule has 0 spiro atoms. The highest BCUT2D eigenvalue weighted by Crippen LogP contribution is 2.32. The third-order valence-corrected chi connectivity index (χ3v) is 6.35. The average molecular weight is 396 g/mol. The number of carbonyl (C=O) groups is 2.